The number of ether oxygens (including phenoxy) is 1. The van der Waals surface area contributed by atoms with Crippen molar-refractivity contribution < 1.29 is 9.53 Å². The van der Waals surface area contributed by atoms with Crippen LogP contribution in [0.15, 0.2) is 96.0 Å². The van der Waals surface area contributed by atoms with E-state index in [1.165, 1.54) is 18.4 Å². The zero-order chi connectivity index (χ0) is 19.3. The summed E-state index contributed by atoms with van der Waals surface area (Å²) in [6.45, 7) is 0. The minimum atomic E-state index is -0.395. The first-order valence-electron chi connectivity index (χ1n) is 8.82. The summed E-state index contributed by atoms with van der Waals surface area (Å²) in [4.78, 5) is 19.1. The third kappa shape index (κ3) is 3.52. The minimum Gasteiger partial charge on any atom is -0.464 e. The lowest BCUT2D eigenvalue weighted by Crippen LogP contribution is -2.19. The Balaban J connectivity index is 2.07. The Hall–Kier alpha value is -3.44. The molecule has 0 aliphatic rings. The molecule has 1 aromatic heterocycles. The van der Waals surface area contributed by atoms with Crippen molar-refractivity contribution >= 4 is 23.0 Å². The van der Waals surface area contributed by atoms with Gasteiger partial charge < -0.3 is 4.74 Å². The number of esters is 1. The number of hydrogen-bond donors (Lipinski definition) is 0. The van der Waals surface area contributed by atoms with E-state index < -0.39 is 5.97 Å². The number of benzene rings is 3. The van der Waals surface area contributed by atoms with Crippen molar-refractivity contribution in [1.29, 1.82) is 0 Å². The average molecular weight is 386 g/mol. The molecule has 0 N–H and O–H groups in total. The van der Waals surface area contributed by atoms with Crippen molar-refractivity contribution in [2.24, 2.45) is 4.99 Å². The van der Waals surface area contributed by atoms with Gasteiger partial charge in [0.05, 0.1) is 17.7 Å². The van der Waals surface area contributed by atoms with Gasteiger partial charge in [0, 0.05) is 5.69 Å². The Kier molecular flexibility index (Phi) is 5.17. The zero-order valence-electron chi connectivity index (χ0n) is 15.3. The molecule has 138 valence electrons. The van der Waals surface area contributed by atoms with E-state index in [2.05, 4.69) is 0 Å². The van der Waals surface area contributed by atoms with Crippen LogP contribution in [0.1, 0.15) is 10.5 Å². The van der Waals surface area contributed by atoms with Crippen LogP contribution in [0.3, 0.4) is 0 Å². The fraction of sp³-hybridized carbons (Fsp3) is 0.0435. The molecule has 0 spiro atoms. The second-order valence-electron chi connectivity index (χ2n) is 6.04. The highest BCUT2D eigenvalue weighted by atomic mass is 32.1. The Labute approximate surface area is 167 Å². The van der Waals surface area contributed by atoms with E-state index in [-0.39, 0.29) is 0 Å². The smallest absolute Gasteiger partial charge is 0.356 e. The van der Waals surface area contributed by atoms with E-state index in [9.17, 15) is 4.79 Å². The van der Waals surface area contributed by atoms with Crippen LogP contribution in [0.25, 0.3) is 16.1 Å². The predicted octanol–water partition coefficient (Wildman–Crippen LogP) is 5.22. The summed E-state index contributed by atoms with van der Waals surface area (Å²) in [6.07, 6.45) is 0. The molecule has 0 fully saturated rings. The fourth-order valence-corrected chi connectivity index (χ4v) is 4.10. The molecule has 0 unspecified atom stereocenters. The Morgan fingerprint density at radius 3 is 2.04 bits per heavy atom. The number of aromatic nitrogens is 1. The summed E-state index contributed by atoms with van der Waals surface area (Å²) in [5.74, 6) is -0.395. The van der Waals surface area contributed by atoms with Crippen LogP contribution in [0.4, 0.5) is 5.69 Å². The first kappa shape index (κ1) is 17.9. The Morgan fingerprint density at radius 1 is 0.857 bits per heavy atom. The SMILES string of the molecule is COC(=O)c1c(-c2ccccc2)sc(=Nc2ccccc2)n1-c1ccccc1. The zero-order valence-corrected chi connectivity index (χ0v) is 16.1. The number of nitrogens with zero attached hydrogens (tertiary/aromatic N) is 2. The molecule has 0 amide bonds. The van der Waals surface area contributed by atoms with Crippen molar-refractivity contribution in [3.05, 3.63) is 101 Å². The lowest BCUT2D eigenvalue weighted by molar-refractivity contribution is 0.0592. The van der Waals surface area contributed by atoms with Gasteiger partial charge in [-0.25, -0.2) is 9.79 Å². The summed E-state index contributed by atoms with van der Waals surface area (Å²) < 4.78 is 7.00. The second kappa shape index (κ2) is 8.06. The van der Waals surface area contributed by atoms with Gasteiger partial charge in [-0.2, -0.15) is 0 Å². The molecule has 5 heteroatoms. The molecule has 4 nitrogen and oxygen atoms in total. The lowest BCUT2D eigenvalue weighted by atomic mass is 10.1. The van der Waals surface area contributed by atoms with Crippen molar-refractivity contribution in [3.8, 4) is 16.1 Å². The maximum absolute atomic E-state index is 12.8. The van der Waals surface area contributed by atoms with E-state index in [1.54, 1.807) is 0 Å². The number of rotatable bonds is 4. The molecular formula is C23H18N2O2S. The standard InChI is InChI=1S/C23H18N2O2S/c1-27-22(26)20-21(17-11-5-2-6-12-17)28-23(24-18-13-7-3-8-14-18)25(20)19-15-9-4-10-16-19/h2-16H,1H3. The highest BCUT2D eigenvalue weighted by molar-refractivity contribution is 7.13. The number of carbonyl (C=O) groups excluding carboxylic acids is 1. The van der Waals surface area contributed by atoms with Gasteiger partial charge in [0.15, 0.2) is 10.5 Å². The second-order valence-corrected chi connectivity index (χ2v) is 7.02. The molecule has 0 aliphatic carbocycles. The number of hydrogen-bond acceptors (Lipinski definition) is 4. The van der Waals surface area contributed by atoms with Gasteiger partial charge in [-0.05, 0) is 29.8 Å². The number of thiazole rings is 1. The van der Waals surface area contributed by atoms with Gasteiger partial charge in [-0.1, -0.05) is 78.1 Å². The minimum absolute atomic E-state index is 0.395. The van der Waals surface area contributed by atoms with Crippen molar-refractivity contribution in [2.75, 3.05) is 7.11 Å². The van der Waals surface area contributed by atoms with Gasteiger partial charge >= 0.3 is 5.97 Å². The van der Waals surface area contributed by atoms with Crippen LogP contribution in [0.2, 0.25) is 0 Å². The van der Waals surface area contributed by atoms with Gasteiger partial charge in [-0.3, -0.25) is 4.57 Å². The topological polar surface area (TPSA) is 43.6 Å². The normalized spacial score (nSPS) is 11.4. The van der Waals surface area contributed by atoms with Crippen LogP contribution in [-0.2, 0) is 4.74 Å². The fourth-order valence-electron chi connectivity index (χ4n) is 2.95. The summed E-state index contributed by atoms with van der Waals surface area (Å²) in [7, 11) is 1.40. The van der Waals surface area contributed by atoms with Crippen LogP contribution < -0.4 is 4.80 Å². The van der Waals surface area contributed by atoms with E-state index in [4.69, 9.17) is 9.73 Å². The van der Waals surface area contributed by atoms with Crippen LogP contribution >= 0.6 is 11.3 Å². The molecule has 4 aromatic rings. The Bertz CT molecular complexity index is 1150. The first-order chi connectivity index (χ1) is 13.8. The predicted molar refractivity (Wildman–Crippen MR) is 112 cm³/mol. The molecule has 0 atom stereocenters. The van der Waals surface area contributed by atoms with Gasteiger partial charge in [0.1, 0.15) is 0 Å². The third-order valence-corrected chi connectivity index (χ3v) is 5.32. The highest BCUT2D eigenvalue weighted by Gasteiger charge is 2.23. The maximum atomic E-state index is 12.8. The summed E-state index contributed by atoms with van der Waals surface area (Å²) >= 11 is 1.47. The third-order valence-electron chi connectivity index (χ3n) is 4.23. The highest BCUT2D eigenvalue weighted by Crippen LogP contribution is 2.30. The van der Waals surface area contributed by atoms with Crippen LogP contribution in [0.5, 0.6) is 0 Å². The van der Waals surface area contributed by atoms with Crippen LogP contribution in [-0.4, -0.2) is 17.6 Å². The van der Waals surface area contributed by atoms with Crippen molar-refractivity contribution in [3.63, 3.8) is 0 Å². The molecule has 0 radical (unpaired) electrons. The van der Waals surface area contributed by atoms with Crippen LogP contribution in [0, 0.1) is 0 Å². The molecular weight excluding hydrogens is 368 g/mol. The lowest BCUT2D eigenvalue weighted by Gasteiger charge is -2.09. The monoisotopic (exact) mass is 386 g/mol. The molecule has 0 saturated heterocycles. The summed E-state index contributed by atoms with van der Waals surface area (Å²) in [6, 6.07) is 29.3. The molecule has 0 aliphatic heterocycles. The number of carbonyl (C=O) groups is 1. The van der Waals surface area contributed by atoms with Crippen molar-refractivity contribution in [2.45, 2.75) is 0 Å². The number of para-hydroxylation sites is 2. The van der Waals surface area contributed by atoms with Gasteiger partial charge in [0.2, 0.25) is 0 Å². The van der Waals surface area contributed by atoms with E-state index in [0.29, 0.717) is 10.5 Å². The van der Waals surface area contributed by atoms with E-state index >= 15 is 0 Å². The van der Waals surface area contributed by atoms with E-state index in [0.717, 1.165) is 21.8 Å². The molecule has 3 aromatic carbocycles. The first-order valence-corrected chi connectivity index (χ1v) is 9.64. The quantitative estimate of drug-likeness (QED) is 0.451. The van der Waals surface area contributed by atoms with Crippen molar-refractivity contribution in [1.82, 2.24) is 4.57 Å². The van der Waals surface area contributed by atoms with Gasteiger partial charge in [-0.15, -0.1) is 0 Å². The molecule has 28 heavy (non-hydrogen) atoms. The number of methoxy groups -OCH3 is 1. The van der Waals surface area contributed by atoms with Gasteiger partial charge in [0.25, 0.3) is 0 Å². The molecule has 0 bridgehead atoms. The average Bonchev–Trinajstić information content (AvgIpc) is 3.14. The largest absolute Gasteiger partial charge is 0.464 e. The summed E-state index contributed by atoms with van der Waals surface area (Å²) in [5, 5.41) is 0. The molecule has 0 saturated carbocycles. The Morgan fingerprint density at radius 2 is 1.43 bits per heavy atom. The van der Waals surface area contributed by atoms with E-state index in [1.807, 2.05) is 95.6 Å². The molecule has 4 rings (SSSR count). The maximum Gasteiger partial charge on any atom is 0.356 e. The summed E-state index contributed by atoms with van der Waals surface area (Å²) in [5.41, 5.74) is 3.10. The molecule has 1 heterocycles.